The zero-order chi connectivity index (χ0) is 23.4. The standard InChI is InChI=1S/C25H29FN4O3/c1-17-7-4-5-13-29(17)14-6-12-27-23(31)18-10-11-20-22(15-18)28-25(33)30(24(20)32)16-19-8-2-3-9-21(19)26/h2-3,8-11,15,17H,4-7,12-14,16H2,1H3,(H,27,31)(H,28,33). The number of fused-ring (bicyclic) bond motifs is 1. The van der Waals surface area contributed by atoms with Gasteiger partial charge >= 0.3 is 5.69 Å². The third kappa shape index (κ3) is 5.22. The van der Waals surface area contributed by atoms with Crippen molar-refractivity contribution in [2.45, 2.75) is 45.2 Å². The van der Waals surface area contributed by atoms with Crippen LogP contribution >= 0.6 is 0 Å². The Labute approximate surface area is 191 Å². The molecule has 33 heavy (non-hydrogen) atoms. The quantitative estimate of drug-likeness (QED) is 0.540. The van der Waals surface area contributed by atoms with Crippen molar-refractivity contribution in [2.75, 3.05) is 19.6 Å². The Morgan fingerprint density at radius 1 is 1.18 bits per heavy atom. The number of H-pyrrole nitrogens is 1. The molecule has 7 nitrogen and oxygen atoms in total. The summed E-state index contributed by atoms with van der Waals surface area (Å²) in [4.78, 5) is 43.1. The van der Waals surface area contributed by atoms with Crippen LogP contribution in [0.5, 0.6) is 0 Å². The number of carbonyl (C=O) groups excluding carboxylic acids is 1. The minimum absolute atomic E-state index is 0.172. The highest BCUT2D eigenvalue weighted by atomic mass is 19.1. The maximum atomic E-state index is 14.0. The number of aromatic nitrogens is 2. The van der Waals surface area contributed by atoms with Gasteiger partial charge in [-0.2, -0.15) is 0 Å². The van der Waals surface area contributed by atoms with Gasteiger partial charge in [-0.25, -0.2) is 9.18 Å². The molecule has 1 aromatic heterocycles. The fraction of sp³-hybridized carbons (Fsp3) is 0.400. The fourth-order valence-corrected chi connectivity index (χ4v) is 4.41. The SMILES string of the molecule is CC1CCCCN1CCCNC(=O)c1ccc2c(=O)n(Cc3ccccc3F)c(=O)[nH]c2c1. The Morgan fingerprint density at radius 2 is 2.00 bits per heavy atom. The van der Waals surface area contributed by atoms with Crippen LogP contribution in [-0.4, -0.2) is 46.0 Å². The van der Waals surface area contributed by atoms with Gasteiger partial charge in [0.25, 0.3) is 11.5 Å². The molecule has 1 fully saturated rings. The number of halogens is 1. The average molecular weight is 453 g/mol. The first kappa shape index (κ1) is 22.9. The Bertz CT molecular complexity index is 1270. The van der Waals surface area contributed by atoms with Crippen LogP contribution in [-0.2, 0) is 6.54 Å². The summed E-state index contributed by atoms with van der Waals surface area (Å²) in [5, 5.41) is 3.18. The highest BCUT2D eigenvalue weighted by Gasteiger charge is 2.17. The van der Waals surface area contributed by atoms with Gasteiger partial charge in [0.15, 0.2) is 0 Å². The van der Waals surface area contributed by atoms with E-state index < -0.39 is 17.1 Å². The lowest BCUT2D eigenvalue weighted by Gasteiger charge is -2.33. The van der Waals surface area contributed by atoms with Crippen LogP contribution in [0, 0.1) is 5.82 Å². The average Bonchev–Trinajstić information content (AvgIpc) is 2.81. The smallest absolute Gasteiger partial charge is 0.329 e. The Hall–Kier alpha value is -3.26. The molecule has 8 heteroatoms. The summed E-state index contributed by atoms with van der Waals surface area (Å²) in [5.41, 5.74) is -0.275. The summed E-state index contributed by atoms with van der Waals surface area (Å²) >= 11 is 0. The maximum Gasteiger partial charge on any atom is 0.329 e. The number of carbonyl (C=O) groups is 1. The third-order valence-corrected chi connectivity index (χ3v) is 6.38. The van der Waals surface area contributed by atoms with Crippen molar-refractivity contribution < 1.29 is 9.18 Å². The molecule has 1 unspecified atom stereocenters. The number of rotatable bonds is 7. The molecule has 2 heterocycles. The van der Waals surface area contributed by atoms with Crippen molar-refractivity contribution in [3.63, 3.8) is 0 Å². The number of likely N-dealkylation sites (tertiary alicyclic amines) is 1. The van der Waals surface area contributed by atoms with Gasteiger partial charge in [-0.05, 0) is 57.0 Å². The molecule has 3 aromatic rings. The molecule has 174 valence electrons. The molecular formula is C25H29FN4O3. The van der Waals surface area contributed by atoms with E-state index in [0.717, 1.165) is 24.1 Å². The van der Waals surface area contributed by atoms with E-state index in [0.29, 0.717) is 18.2 Å². The van der Waals surface area contributed by atoms with Gasteiger partial charge in [0.2, 0.25) is 0 Å². The monoisotopic (exact) mass is 452 g/mol. The van der Waals surface area contributed by atoms with Gasteiger partial charge in [0, 0.05) is 30.3 Å². The Kier molecular flexibility index (Phi) is 7.03. The summed E-state index contributed by atoms with van der Waals surface area (Å²) in [6.07, 6.45) is 4.60. The van der Waals surface area contributed by atoms with E-state index >= 15 is 0 Å². The summed E-state index contributed by atoms with van der Waals surface area (Å²) < 4.78 is 14.9. The Morgan fingerprint density at radius 3 is 2.79 bits per heavy atom. The highest BCUT2D eigenvalue weighted by molar-refractivity contribution is 5.97. The maximum absolute atomic E-state index is 14.0. The van der Waals surface area contributed by atoms with Gasteiger partial charge in [0.1, 0.15) is 5.82 Å². The molecule has 0 bridgehead atoms. The van der Waals surface area contributed by atoms with E-state index in [1.54, 1.807) is 18.2 Å². The van der Waals surface area contributed by atoms with Crippen molar-refractivity contribution in [2.24, 2.45) is 0 Å². The Balaban J connectivity index is 1.44. The lowest BCUT2D eigenvalue weighted by molar-refractivity contribution is 0.0949. The minimum atomic E-state index is -0.649. The first-order chi connectivity index (χ1) is 15.9. The zero-order valence-corrected chi connectivity index (χ0v) is 18.8. The van der Waals surface area contributed by atoms with Crippen LogP contribution < -0.4 is 16.6 Å². The molecule has 0 aliphatic carbocycles. The van der Waals surface area contributed by atoms with Crippen molar-refractivity contribution >= 4 is 16.8 Å². The number of hydrogen-bond acceptors (Lipinski definition) is 4. The second kappa shape index (κ2) is 10.1. The predicted molar refractivity (Wildman–Crippen MR) is 126 cm³/mol. The van der Waals surface area contributed by atoms with Crippen molar-refractivity contribution in [3.8, 4) is 0 Å². The molecule has 2 aromatic carbocycles. The molecule has 1 saturated heterocycles. The summed E-state index contributed by atoms with van der Waals surface area (Å²) in [6, 6.07) is 11.2. The van der Waals surface area contributed by atoms with Crippen molar-refractivity contribution in [1.82, 2.24) is 19.8 Å². The second-order valence-corrected chi connectivity index (χ2v) is 8.66. The lowest BCUT2D eigenvalue weighted by Crippen LogP contribution is -2.39. The van der Waals surface area contributed by atoms with Crippen LogP contribution in [0.15, 0.2) is 52.1 Å². The molecule has 2 N–H and O–H groups in total. The van der Waals surface area contributed by atoms with Crippen LogP contribution in [0.2, 0.25) is 0 Å². The number of aromatic amines is 1. The van der Waals surface area contributed by atoms with Crippen LogP contribution in [0.1, 0.15) is 48.5 Å². The topological polar surface area (TPSA) is 87.2 Å². The number of piperidine rings is 1. The van der Waals surface area contributed by atoms with Gasteiger partial charge < -0.3 is 15.2 Å². The summed E-state index contributed by atoms with van der Waals surface area (Å²) in [6.45, 7) is 4.70. The van der Waals surface area contributed by atoms with Gasteiger partial charge in [-0.1, -0.05) is 24.6 Å². The largest absolute Gasteiger partial charge is 0.352 e. The molecule has 0 saturated carbocycles. The van der Waals surface area contributed by atoms with E-state index in [1.165, 1.54) is 43.5 Å². The van der Waals surface area contributed by atoms with E-state index in [1.807, 2.05) is 0 Å². The van der Waals surface area contributed by atoms with Gasteiger partial charge in [-0.15, -0.1) is 0 Å². The predicted octanol–water partition coefficient (Wildman–Crippen LogP) is 2.87. The normalized spacial score (nSPS) is 16.7. The lowest BCUT2D eigenvalue weighted by atomic mass is 10.0. The fourth-order valence-electron chi connectivity index (χ4n) is 4.41. The number of hydrogen-bond donors (Lipinski definition) is 2. The number of benzene rings is 2. The first-order valence-electron chi connectivity index (χ1n) is 11.5. The molecule has 0 spiro atoms. The molecule has 0 radical (unpaired) electrons. The van der Waals surface area contributed by atoms with E-state index in [2.05, 4.69) is 22.1 Å². The summed E-state index contributed by atoms with van der Waals surface area (Å²) in [7, 11) is 0. The zero-order valence-electron chi connectivity index (χ0n) is 18.8. The number of amides is 1. The van der Waals surface area contributed by atoms with Crippen molar-refractivity contribution in [1.29, 1.82) is 0 Å². The molecule has 1 aliphatic rings. The van der Waals surface area contributed by atoms with Crippen LogP contribution in [0.4, 0.5) is 4.39 Å². The van der Waals surface area contributed by atoms with E-state index in [4.69, 9.17) is 0 Å². The van der Waals surface area contributed by atoms with Gasteiger partial charge in [-0.3, -0.25) is 14.2 Å². The molecule has 1 amide bonds. The van der Waals surface area contributed by atoms with E-state index in [-0.39, 0.29) is 28.9 Å². The first-order valence-corrected chi connectivity index (χ1v) is 11.5. The summed E-state index contributed by atoms with van der Waals surface area (Å²) in [5.74, 6) is -0.731. The molecular weight excluding hydrogens is 423 g/mol. The highest BCUT2D eigenvalue weighted by Crippen LogP contribution is 2.16. The van der Waals surface area contributed by atoms with Crippen LogP contribution in [0.25, 0.3) is 10.9 Å². The molecule has 4 rings (SSSR count). The minimum Gasteiger partial charge on any atom is -0.352 e. The third-order valence-electron chi connectivity index (χ3n) is 6.38. The van der Waals surface area contributed by atoms with Crippen LogP contribution in [0.3, 0.4) is 0 Å². The molecule has 1 aliphatic heterocycles. The van der Waals surface area contributed by atoms with E-state index in [9.17, 15) is 18.8 Å². The number of nitrogens with zero attached hydrogens (tertiary/aromatic N) is 2. The molecule has 1 atom stereocenters. The van der Waals surface area contributed by atoms with Crippen molar-refractivity contribution in [3.05, 3.63) is 80.2 Å². The number of nitrogens with one attached hydrogen (secondary N) is 2. The van der Waals surface area contributed by atoms with Gasteiger partial charge in [0.05, 0.1) is 17.4 Å². The second-order valence-electron chi connectivity index (χ2n) is 8.66.